The number of nitrogens with one attached hydrogen (secondary N) is 1. The highest BCUT2D eigenvalue weighted by atomic mass is 35.5. The molecule has 0 aliphatic carbocycles. The lowest BCUT2D eigenvalue weighted by molar-refractivity contribution is -0.121. The molecule has 1 aromatic rings. The first-order valence-electron chi connectivity index (χ1n) is 4.35. The smallest absolute Gasteiger partial charge is 0.237 e. The highest BCUT2D eigenvalue weighted by molar-refractivity contribution is 6.30. The molecule has 0 aromatic heterocycles. The second-order valence-electron chi connectivity index (χ2n) is 3.05. The SMILES string of the molecule is CNC(=O)C(N)Cc1cccc(Cl)c1. The Bertz CT molecular complexity index is 328. The molecule has 1 rings (SSSR count). The van der Waals surface area contributed by atoms with Crippen molar-refractivity contribution in [3.8, 4) is 0 Å². The van der Waals surface area contributed by atoms with Crippen LogP contribution in [-0.4, -0.2) is 19.0 Å². The second-order valence-corrected chi connectivity index (χ2v) is 3.49. The molecule has 14 heavy (non-hydrogen) atoms. The van der Waals surface area contributed by atoms with Crippen LogP contribution in [0.3, 0.4) is 0 Å². The number of carbonyl (C=O) groups excluding carboxylic acids is 1. The van der Waals surface area contributed by atoms with E-state index in [1.54, 1.807) is 13.1 Å². The minimum absolute atomic E-state index is 0.162. The van der Waals surface area contributed by atoms with Crippen LogP contribution in [0.4, 0.5) is 0 Å². The largest absolute Gasteiger partial charge is 0.358 e. The van der Waals surface area contributed by atoms with Gasteiger partial charge in [-0.2, -0.15) is 0 Å². The monoisotopic (exact) mass is 212 g/mol. The molecule has 1 unspecified atom stereocenters. The molecular weight excluding hydrogens is 200 g/mol. The van der Waals surface area contributed by atoms with Gasteiger partial charge in [0.15, 0.2) is 0 Å². The van der Waals surface area contributed by atoms with Gasteiger partial charge in [-0.05, 0) is 24.1 Å². The van der Waals surface area contributed by atoms with Crippen molar-refractivity contribution < 1.29 is 4.79 Å². The van der Waals surface area contributed by atoms with Gasteiger partial charge in [0.25, 0.3) is 0 Å². The van der Waals surface area contributed by atoms with Gasteiger partial charge in [0.05, 0.1) is 6.04 Å². The molecule has 0 aliphatic rings. The van der Waals surface area contributed by atoms with Crippen molar-refractivity contribution in [3.63, 3.8) is 0 Å². The maximum atomic E-state index is 11.1. The van der Waals surface area contributed by atoms with E-state index in [-0.39, 0.29) is 5.91 Å². The van der Waals surface area contributed by atoms with E-state index in [0.717, 1.165) is 5.56 Å². The fraction of sp³-hybridized carbons (Fsp3) is 0.300. The molecule has 0 bridgehead atoms. The van der Waals surface area contributed by atoms with Crippen molar-refractivity contribution in [2.45, 2.75) is 12.5 Å². The lowest BCUT2D eigenvalue weighted by Gasteiger charge is -2.09. The molecular formula is C10H13ClN2O. The van der Waals surface area contributed by atoms with E-state index in [0.29, 0.717) is 11.4 Å². The van der Waals surface area contributed by atoms with E-state index in [4.69, 9.17) is 17.3 Å². The number of amides is 1. The summed E-state index contributed by atoms with van der Waals surface area (Å²) in [6, 6.07) is 6.82. The first-order valence-corrected chi connectivity index (χ1v) is 4.73. The predicted molar refractivity (Wildman–Crippen MR) is 57.2 cm³/mol. The van der Waals surface area contributed by atoms with Gasteiger partial charge in [-0.1, -0.05) is 23.7 Å². The maximum absolute atomic E-state index is 11.1. The minimum atomic E-state index is -0.515. The van der Waals surface area contributed by atoms with Gasteiger partial charge in [-0.15, -0.1) is 0 Å². The first kappa shape index (κ1) is 11.0. The summed E-state index contributed by atoms with van der Waals surface area (Å²) in [6.45, 7) is 0. The van der Waals surface area contributed by atoms with Crippen molar-refractivity contribution in [2.24, 2.45) is 5.73 Å². The van der Waals surface area contributed by atoms with Crippen molar-refractivity contribution >= 4 is 17.5 Å². The lowest BCUT2D eigenvalue weighted by Crippen LogP contribution is -2.40. The fourth-order valence-electron chi connectivity index (χ4n) is 1.20. The van der Waals surface area contributed by atoms with E-state index >= 15 is 0 Å². The molecule has 3 nitrogen and oxygen atoms in total. The van der Waals surface area contributed by atoms with Gasteiger partial charge >= 0.3 is 0 Å². The van der Waals surface area contributed by atoms with Gasteiger partial charge in [-0.3, -0.25) is 4.79 Å². The topological polar surface area (TPSA) is 55.1 Å². The fourth-order valence-corrected chi connectivity index (χ4v) is 1.41. The molecule has 4 heteroatoms. The number of likely N-dealkylation sites (N-methyl/N-ethyl adjacent to an activating group) is 1. The molecule has 0 spiro atoms. The van der Waals surface area contributed by atoms with Gasteiger partial charge in [-0.25, -0.2) is 0 Å². The first-order chi connectivity index (χ1) is 6.63. The second kappa shape index (κ2) is 4.98. The Labute approximate surface area is 88.2 Å². The molecule has 0 heterocycles. The Morgan fingerprint density at radius 3 is 2.93 bits per heavy atom. The van der Waals surface area contributed by atoms with E-state index in [1.165, 1.54) is 0 Å². The summed E-state index contributed by atoms with van der Waals surface area (Å²) in [5.74, 6) is -0.162. The zero-order chi connectivity index (χ0) is 10.6. The summed E-state index contributed by atoms with van der Waals surface area (Å²) < 4.78 is 0. The Hall–Kier alpha value is -1.06. The van der Waals surface area contributed by atoms with Gasteiger partial charge < -0.3 is 11.1 Å². The summed E-state index contributed by atoms with van der Waals surface area (Å²) in [5.41, 5.74) is 6.62. The molecule has 0 aliphatic heterocycles. The summed E-state index contributed by atoms with van der Waals surface area (Å²) >= 11 is 5.80. The summed E-state index contributed by atoms with van der Waals surface area (Å²) in [7, 11) is 1.57. The average molecular weight is 213 g/mol. The number of benzene rings is 1. The third-order valence-corrected chi connectivity index (χ3v) is 2.16. The Morgan fingerprint density at radius 2 is 2.36 bits per heavy atom. The number of halogens is 1. The summed E-state index contributed by atoms with van der Waals surface area (Å²) in [6.07, 6.45) is 0.500. The summed E-state index contributed by atoms with van der Waals surface area (Å²) in [5, 5.41) is 3.16. The van der Waals surface area contributed by atoms with Crippen molar-refractivity contribution in [1.29, 1.82) is 0 Å². The third kappa shape index (κ3) is 3.01. The van der Waals surface area contributed by atoms with Crippen LogP contribution in [-0.2, 0) is 11.2 Å². The van der Waals surface area contributed by atoms with Crippen LogP contribution in [0, 0.1) is 0 Å². The number of hydrogen-bond acceptors (Lipinski definition) is 2. The Morgan fingerprint density at radius 1 is 1.64 bits per heavy atom. The minimum Gasteiger partial charge on any atom is -0.358 e. The van der Waals surface area contributed by atoms with Crippen molar-refractivity contribution in [3.05, 3.63) is 34.9 Å². The van der Waals surface area contributed by atoms with Crippen LogP contribution in [0.1, 0.15) is 5.56 Å². The van der Waals surface area contributed by atoms with Crippen molar-refractivity contribution in [1.82, 2.24) is 5.32 Å². The predicted octanol–water partition coefficient (Wildman–Crippen LogP) is 0.956. The van der Waals surface area contributed by atoms with Crippen LogP contribution in [0.2, 0.25) is 5.02 Å². The van der Waals surface area contributed by atoms with Crippen LogP contribution in [0.25, 0.3) is 0 Å². The average Bonchev–Trinajstić information content (AvgIpc) is 2.16. The Balaban J connectivity index is 2.64. The molecule has 0 saturated carbocycles. The summed E-state index contributed by atoms with van der Waals surface area (Å²) in [4.78, 5) is 11.1. The molecule has 0 radical (unpaired) electrons. The number of carbonyl (C=O) groups is 1. The molecule has 0 saturated heterocycles. The molecule has 0 fully saturated rings. The number of nitrogens with two attached hydrogens (primary N) is 1. The Kier molecular flexibility index (Phi) is 3.92. The molecule has 1 amide bonds. The number of hydrogen-bond donors (Lipinski definition) is 2. The maximum Gasteiger partial charge on any atom is 0.237 e. The normalized spacial score (nSPS) is 12.2. The van der Waals surface area contributed by atoms with Crippen LogP contribution in [0.5, 0.6) is 0 Å². The molecule has 3 N–H and O–H groups in total. The highest BCUT2D eigenvalue weighted by Gasteiger charge is 2.11. The standard InChI is InChI=1S/C10H13ClN2O/c1-13-10(14)9(12)6-7-3-2-4-8(11)5-7/h2-5,9H,6,12H2,1H3,(H,13,14). The quantitative estimate of drug-likeness (QED) is 0.784. The zero-order valence-electron chi connectivity index (χ0n) is 7.96. The van der Waals surface area contributed by atoms with E-state index in [1.807, 2.05) is 18.2 Å². The number of rotatable bonds is 3. The van der Waals surface area contributed by atoms with Gasteiger partial charge in [0, 0.05) is 12.1 Å². The zero-order valence-corrected chi connectivity index (χ0v) is 8.71. The van der Waals surface area contributed by atoms with Crippen molar-refractivity contribution in [2.75, 3.05) is 7.05 Å². The van der Waals surface area contributed by atoms with E-state index < -0.39 is 6.04 Å². The van der Waals surface area contributed by atoms with E-state index in [9.17, 15) is 4.79 Å². The van der Waals surface area contributed by atoms with Crippen LogP contribution in [0.15, 0.2) is 24.3 Å². The van der Waals surface area contributed by atoms with Gasteiger partial charge in [0.2, 0.25) is 5.91 Å². The highest BCUT2D eigenvalue weighted by Crippen LogP contribution is 2.11. The lowest BCUT2D eigenvalue weighted by atomic mass is 10.1. The van der Waals surface area contributed by atoms with Crippen LogP contribution < -0.4 is 11.1 Å². The molecule has 76 valence electrons. The molecule has 1 aromatic carbocycles. The third-order valence-electron chi connectivity index (χ3n) is 1.93. The van der Waals surface area contributed by atoms with E-state index in [2.05, 4.69) is 5.32 Å². The van der Waals surface area contributed by atoms with Gasteiger partial charge in [0.1, 0.15) is 0 Å². The molecule has 1 atom stereocenters. The van der Waals surface area contributed by atoms with Crippen LogP contribution >= 0.6 is 11.6 Å².